The van der Waals surface area contributed by atoms with Crippen molar-refractivity contribution in [1.82, 2.24) is 10.2 Å². The van der Waals surface area contributed by atoms with Crippen molar-refractivity contribution in [2.75, 3.05) is 13.1 Å². The number of benzene rings is 2. The summed E-state index contributed by atoms with van der Waals surface area (Å²) in [4.78, 5) is 43.8. The van der Waals surface area contributed by atoms with Gasteiger partial charge in [-0.3, -0.25) is 19.4 Å². The molecule has 42 heavy (non-hydrogen) atoms. The average molecular weight is 586 g/mol. The summed E-state index contributed by atoms with van der Waals surface area (Å²) in [5.41, 5.74) is -0.0167. The third kappa shape index (κ3) is 6.85. The molecule has 2 N–H and O–H groups in total. The predicted molar refractivity (Wildman–Crippen MR) is 153 cm³/mol. The zero-order valence-electron chi connectivity index (χ0n) is 24.4. The summed E-state index contributed by atoms with van der Waals surface area (Å²) in [6.45, 7) is 8.44. The van der Waals surface area contributed by atoms with E-state index in [4.69, 9.17) is 10.1 Å². The highest BCUT2D eigenvalue weighted by Crippen LogP contribution is 2.46. The van der Waals surface area contributed by atoms with Gasteiger partial charge in [0.15, 0.2) is 0 Å². The van der Waals surface area contributed by atoms with E-state index >= 15 is 0 Å². The van der Waals surface area contributed by atoms with E-state index in [2.05, 4.69) is 26.1 Å². The maximum atomic E-state index is 13.8. The lowest BCUT2D eigenvalue weighted by atomic mass is 9.69. The molecule has 10 heteroatoms. The molecular weight excluding hydrogens is 547 g/mol. The number of halogens is 3. The Morgan fingerprint density at radius 2 is 1.74 bits per heavy atom. The van der Waals surface area contributed by atoms with Crippen LogP contribution in [0.25, 0.3) is 0 Å². The fourth-order valence-electron chi connectivity index (χ4n) is 5.80. The Morgan fingerprint density at radius 1 is 1.10 bits per heavy atom. The normalized spacial score (nSPS) is 21.8. The quantitative estimate of drug-likeness (QED) is 0.399. The van der Waals surface area contributed by atoms with Gasteiger partial charge in [0.25, 0.3) is 11.8 Å². The van der Waals surface area contributed by atoms with Crippen molar-refractivity contribution < 1.29 is 32.7 Å². The van der Waals surface area contributed by atoms with Crippen LogP contribution in [0.2, 0.25) is 0 Å². The highest BCUT2D eigenvalue weighted by atomic mass is 19.4. The van der Waals surface area contributed by atoms with Crippen LogP contribution in [0.5, 0.6) is 0 Å². The minimum absolute atomic E-state index is 0.0132. The van der Waals surface area contributed by atoms with Gasteiger partial charge in [-0.15, -0.1) is 0 Å². The lowest BCUT2D eigenvalue weighted by molar-refractivity contribution is -0.141. The largest absolute Gasteiger partial charge is 0.481 e. The zero-order valence-corrected chi connectivity index (χ0v) is 24.4. The Bertz CT molecular complexity index is 1350. The van der Waals surface area contributed by atoms with Gasteiger partial charge in [-0.1, -0.05) is 52.0 Å². The molecule has 1 unspecified atom stereocenters. The number of rotatable bonds is 8. The molecule has 1 spiro atoms. The lowest BCUT2D eigenvalue weighted by Crippen LogP contribution is -2.50. The second-order valence-electron chi connectivity index (χ2n) is 12.5. The van der Waals surface area contributed by atoms with Crippen molar-refractivity contribution in [2.45, 2.75) is 71.6 Å². The zero-order chi connectivity index (χ0) is 30.9. The van der Waals surface area contributed by atoms with E-state index in [0.29, 0.717) is 37.3 Å². The Balaban J connectivity index is 1.53. The van der Waals surface area contributed by atoms with Gasteiger partial charge in [-0.2, -0.15) is 13.2 Å². The molecule has 1 aliphatic heterocycles. The molecule has 2 aromatic carbocycles. The molecule has 2 aromatic rings. The van der Waals surface area contributed by atoms with E-state index in [9.17, 15) is 27.6 Å². The number of nitrogens with zero attached hydrogens (tertiary/aromatic N) is 2. The highest BCUT2D eigenvalue weighted by molar-refractivity contribution is 6.46. The molecule has 1 saturated carbocycles. The first-order valence-electron chi connectivity index (χ1n) is 14.3. The molecule has 0 radical (unpaired) electrons. The highest BCUT2D eigenvalue weighted by Gasteiger charge is 2.50. The van der Waals surface area contributed by atoms with Crippen LogP contribution in [0.3, 0.4) is 0 Å². The monoisotopic (exact) mass is 585 g/mol. The van der Waals surface area contributed by atoms with Crippen LogP contribution in [0, 0.1) is 17.3 Å². The Kier molecular flexibility index (Phi) is 8.85. The molecule has 4 rings (SSSR count). The second kappa shape index (κ2) is 11.9. The summed E-state index contributed by atoms with van der Waals surface area (Å²) in [5.74, 6) is -2.00. The minimum Gasteiger partial charge on any atom is -0.481 e. The van der Waals surface area contributed by atoms with E-state index < -0.39 is 29.3 Å². The average Bonchev–Trinajstić information content (AvgIpc) is 3.20. The number of carbonyl (C=O) groups is 3. The van der Waals surface area contributed by atoms with Crippen LogP contribution < -0.4 is 5.32 Å². The molecule has 226 valence electrons. The molecular formula is C32H38F3N3O4. The summed E-state index contributed by atoms with van der Waals surface area (Å²) >= 11 is 0. The Hall–Kier alpha value is -3.69. The number of amides is 2. The van der Waals surface area contributed by atoms with E-state index in [1.165, 1.54) is 19.1 Å². The number of carbonyl (C=O) groups excluding carboxylic acids is 2. The van der Waals surface area contributed by atoms with Crippen LogP contribution in [0.4, 0.5) is 13.2 Å². The minimum atomic E-state index is -4.53. The molecule has 1 heterocycles. The number of carboxylic acid groups (broad SMARTS) is 1. The van der Waals surface area contributed by atoms with Crippen LogP contribution in [0.1, 0.15) is 80.4 Å². The number of hydrogen-bond donors (Lipinski definition) is 2. The number of carboxylic acids is 1. The van der Waals surface area contributed by atoms with Crippen molar-refractivity contribution in [2.24, 2.45) is 22.2 Å². The third-order valence-electron chi connectivity index (χ3n) is 8.58. The second-order valence-corrected chi connectivity index (χ2v) is 12.5. The maximum absolute atomic E-state index is 13.8. The molecule has 1 atom stereocenters. The molecule has 1 fully saturated rings. The summed E-state index contributed by atoms with van der Waals surface area (Å²) < 4.78 is 40.3. The van der Waals surface area contributed by atoms with Crippen molar-refractivity contribution in [3.05, 3.63) is 70.8 Å². The molecule has 0 bridgehead atoms. The lowest BCUT2D eigenvalue weighted by Gasteiger charge is -2.45. The van der Waals surface area contributed by atoms with E-state index in [0.717, 1.165) is 30.5 Å². The fraction of sp³-hybridized carbons (Fsp3) is 0.500. The topological polar surface area (TPSA) is 99.1 Å². The standard InChI is InChI=1S/C32H38F3N3O4/c1-20(29(41)42)19-36-27(39)22-10-8-21(9-11-22)14-17-38-28(40)26(23-6-5-7-25(18-23)32(33,34)35)37-31(38)15-12-24(13-16-31)30(2,3)4/h5-11,18,20,24H,12-17,19H2,1-4H3,(H,36,39)(H,41,42). The summed E-state index contributed by atoms with van der Waals surface area (Å²) in [6, 6.07) is 11.7. The summed E-state index contributed by atoms with van der Waals surface area (Å²) in [5, 5.41) is 11.6. The van der Waals surface area contributed by atoms with Gasteiger partial charge in [0, 0.05) is 24.2 Å². The third-order valence-corrected chi connectivity index (χ3v) is 8.58. The molecule has 2 aliphatic rings. The molecule has 0 aromatic heterocycles. The maximum Gasteiger partial charge on any atom is 0.416 e. The molecule has 1 aliphatic carbocycles. The van der Waals surface area contributed by atoms with Crippen molar-refractivity contribution in [3.63, 3.8) is 0 Å². The van der Waals surface area contributed by atoms with Gasteiger partial charge < -0.3 is 15.3 Å². The smallest absolute Gasteiger partial charge is 0.416 e. The van der Waals surface area contributed by atoms with Gasteiger partial charge in [-0.25, -0.2) is 0 Å². The summed E-state index contributed by atoms with van der Waals surface area (Å²) in [6.07, 6.45) is -1.07. The van der Waals surface area contributed by atoms with E-state index in [1.54, 1.807) is 29.2 Å². The van der Waals surface area contributed by atoms with Crippen molar-refractivity contribution in [1.29, 1.82) is 0 Å². The number of aliphatic imine (C=N–C) groups is 1. The number of aliphatic carboxylic acids is 1. The number of hydrogen-bond acceptors (Lipinski definition) is 4. The molecule has 0 saturated heterocycles. The van der Waals surface area contributed by atoms with E-state index in [-0.39, 0.29) is 35.0 Å². The van der Waals surface area contributed by atoms with Crippen LogP contribution in [-0.4, -0.2) is 52.3 Å². The van der Waals surface area contributed by atoms with Gasteiger partial charge >= 0.3 is 12.1 Å². The van der Waals surface area contributed by atoms with Gasteiger partial charge in [-0.05, 0) is 73.3 Å². The van der Waals surface area contributed by atoms with E-state index in [1.807, 2.05) is 0 Å². The first kappa shape index (κ1) is 31.3. The first-order chi connectivity index (χ1) is 19.6. The first-order valence-corrected chi connectivity index (χ1v) is 14.3. The van der Waals surface area contributed by atoms with Crippen LogP contribution >= 0.6 is 0 Å². The fourth-order valence-corrected chi connectivity index (χ4v) is 5.80. The molecule has 7 nitrogen and oxygen atoms in total. The summed E-state index contributed by atoms with van der Waals surface area (Å²) in [7, 11) is 0. The van der Waals surface area contributed by atoms with Crippen LogP contribution in [0.15, 0.2) is 53.5 Å². The number of alkyl halides is 3. The SMILES string of the molecule is CC(CNC(=O)c1ccc(CCN2C(=O)C(c3cccc(C(F)(F)F)c3)=NC23CCC(C(C)(C)C)CC3)cc1)C(=O)O. The Morgan fingerprint density at radius 3 is 2.31 bits per heavy atom. The van der Waals surface area contributed by atoms with Crippen molar-refractivity contribution in [3.8, 4) is 0 Å². The van der Waals surface area contributed by atoms with Gasteiger partial charge in [0.2, 0.25) is 0 Å². The number of nitrogens with one attached hydrogen (secondary N) is 1. The van der Waals surface area contributed by atoms with Crippen LogP contribution in [-0.2, 0) is 22.2 Å². The Labute approximate surface area is 244 Å². The van der Waals surface area contributed by atoms with Gasteiger partial charge in [0.05, 0.1) is 11.5 Å². The molecule has 2 amide bonds. The van der Waals surface area contributed by atoms with Gasteiger partial charge in [0.1, 0.15) is 11.4 Å². The predicted octanol–water partition coefficient (Wildman–Crippen LogP) is 5.96. The van der Waals surface area contributed by atoms with Crippen molar-refractivity contribution >= 4 is 23.5 Å².